The Kier molecular flexibility index (Phi) is 1.81. The summed E-state index contributed by atoms with van der Waals surface area (Å²) in [5.74, 6) is 0.853. The Hall–Kier alpha value is -1.44. The summed E-state index contributed by atoms with van der Waals surface area (Å²) in [6.07, 6.45) is 0. The molecule has 0 radical (unpaired) electrons. The molecule has 0 atom stereocenters. The quantitative estimate of drug-likeness (QED) is 0.652. The van der Waals surface area contributed by atoms with Gasteiger partial charge in [-0.05, 0) is 23.1 Å². The maximum absolute atomic E-state index is 3.84. The topological polar surface area (TPSA) is 24.1 Å². The van der Waals surface area contributed by atoms with Crippen LogP contribution in [0.15, 0.2) is 30.6 Å². The van der Waals surface area contributed by atoms with Gasteiger partial charge in [0.15, 0.2) is 0 Å². The summed E-state index contributed by atoms with van der Waals surface area (Å²) < 4.78 is 0. The second kappa shape index (κ2) is 2.77. The molecule has 0 spiro atoms. The molecule has 0 unspecified atom stereocenters. The molecule has 1 aromatic rings. The van der Waals surface area contributed by atoms with E-state index in [2.05, 4.69) is 56.2 Å². The lowest BCUT2D eigenvalue weighted by atomic mass is 9.87. The predicted octanol–water partition coefficient (Wildman–Crippen LogP) is 3.29. The lowest BCUT2D eigenvalue weighted by molar-refractivity contribution is 0.590. The minimum absolute atomic E-state index is 0.195. The second-order valence-corrected chi connectivity index (χ2v) is 4.74. The second-order valence-electron chi connectivity index (χ2n) is 4.74. The van der Waals surface area contributed by atoms with Crippen LogP contribution in [0.3, 0.4) is 0 Å². The van der Waals surface area contributed by atoms with Crippen LogP contribution in [-0.2, 0) is 5.41 Å². The first-order valence-electron chi connectivity index (χ1n) is 4.84. The summed E-state index contributed by atoms with van der Waals surface area (Å²) in [6.45, 7) is 10.5. The molecule has 2 N–H and O–H groups in total. The van der Waals surface area contributed by atoms with Gasteiger partial charge in [-0.3, -0.25) is 0 Å². The highest BCUT2D eigenvalue weighted by molar-refractivity contribution is 5.79. The Labute approximate surface area is 85.0 Å². The van der Waals surface area contributed by atoms with Crippen molar-refractivity contribution in [2.45, 2.75) is 26.2 Å². The fourth-order valence-electron chi connectivity index (χ4n) is 1.58. The average molecular weight is 188 g/mol. The molecule has 1 aromatic carbocycles. The van der Waals surface area contributed by atoms with Crippen molar-refractivity contribution in [3.63, 3.8) is 0 Å². The third-order valence-electron chi connectivity index (χ3n) is 2.46. The third-order valence-corrected chi connectivity index (χ3v) is 2.46. The van der Waals surface area contributed by atoms with Crippen molar-refractivity contribution < 1.29 is 0 Å². The zero-order chi connectivity index (χ0) is 10.3. The zero-order valence-corrected chi connectivity index (χ0v) is 8.94. The fraction of sp³-hybridized carbons (Fsp3) is 0.333. The number of hydrogen-bond acceptors (Lipinski definition) is 2. The first-order valence-corrected chi connectivity index (χ1v) is 4.84. The van der Waals surface area contributed by atoms with Crippen molar-refractivity contribution in [2.75, 3.05) is 10.6 Å². The van der Waals surface area contributed by atoms with Crippen LogP contribution >= 0.6 is 0 Å². The highest BCUT2D eigenvalue weighted by Crippen LogP contribution is 2.34. The summed E-state index contributed by atoms with van der Waals surface area (Å²) in [5, 5.41) is 6.37. The summed E-state index contributed by atoms with van der Waals surface area (Å²) >= 11 is 0. The SMILES string of the molecule is C=C1Nc2ccc(C(C)(C)C)cc2N1. The third kappa shape index (κ3) is 1.48. The van der Waals surface area contributed by atoms with Crippen LogP contribution in [0.1, 0.15) is 26.3 Å². The van der Waals surface area contributed by atoms with E-state index in [1.165, 1.54) is 5.56 Å². The van der Waals surface area contributed by atoms with Crippen molar-refractivity contribution in [3.05, 3.63) is 36.2 Å². The normalized spacial score (nSPS) is 14.6. The molecule has 2 rings (SSSR count). The van der Waals surface area contributed by atoms with E-state index >= 15 is 0 Å². The van der Waals surface area contributed by atoms with Crippen LogP contribution < -0.4 is 10.6 Å². The van der Waals surface area contributed by atoms with Gasteiger partial charge in [0.1, 0.15) is 5.82 Å². The molecule has 1 heterocycles. The summed E-state index contributed by atoms with van der Waals surface area (Å²) in [6, 6.07) is 6.44. The van der Waals surface area contributed by atoms with Gasteiger partial charge in [-0.15, -0.1) is 0 Å². The van der Waals surface area contributed by atoms with E-state index in [0.29, 0.717) is 0 Å². The van der Waals surface area contributed by atoms with E-state index in [9.17, 15) is 0 Å². The van der Waals surface area contributed by atoms with E-state index in [4.69, 9.17) is 0 Å². The monoisotopic (exact) mass is 188 g/mol. The van der Waals surface area contributed by atoms with Crippen LogP contribution in [0.2, 0.25) is 0 Å². The maximum Gasteiger partial charge on any atom is 0.100 e. The number of hydrogen-bond donors (Lipinski definition) is 2. The van der Waals surface area contributed by atoms with Gasteiger partial charge in [0.2, 0.25) is 0 Å². The van der Waals surface area contributed by atoms with Gasteiger partial charge < -0.3 is 10.6 Å². The molecular weight excluding hydrogens is 172 g/mol. The van der Waals surface area contributed by atoms with E-state index in [1.54, 1.807) is 0 Å². The molecule has 74 valence electrons. The minimum atomic E-state index is 0.195. The van der Waals surface area contributed by atoms with E-state index in [0.717, 1.165) is 17.2 Å². The summed E-state index contributed by atoms with van der Waals surface area (Å²) in [4.78, 5) is 0. The predicted molar refractivity (Wildman–Crippen MR) is 61.5 cm³/mol. The van der Waals surface area contributed by atoms with Crippen LogP contribution in [0.25, 0.3) is 0 Å². The van der Waals surface area contributed by atoms with E-state index in [-0.39, 0.29) is 5.41 Å². The number of benzene rings is 1. The Bertz CT molecular complexity index is 386. The first kappa shape index (κ1) is 9.13. The maximum atomic E-state index is 3.84. The number of nitrogens with one attached hydrogen (secondary N) is 2. The number of anilines is 2. The van der Waals surface area contributed by atoms with Gasteiger partial charge in [0, 0.05) is 0 Å². The molecule has 0 fully saturated rings. The molecule has 0 aliphatic carbocycles. The molecule has 1 aliphatic heterocycles. The van der Waals surface area contributed by atoms with Gasteiger partial charge in [-0.25, -0.2) is 0 Å². The Morgan fingerprint density at radius 3 is 2.36 bits per heavy atom. The molecule has 2 nitrogen and oxygen atoms in total. The fourth-order valence-corrected chi connectivity index (χ4v) is 1.58. The molecule has 0 amide bonds. The lowest BCUT2D eigenvalue weighted by Crippen LogP contribution is -2.10. The van der Waals surface area contributed by atoms with Crippen LogP contribution in [-0.4, -0.2) is 0 Å². The van der Waals surface area contributed by atoms with Crippen molar-refractivity contribution in [2.24, 2.45) is 0 Å². The first-order chi connectivity index (χ1) is 6.47. The smallest absolute Gasteiger partial charge is 0.100 e. The largest absolute Gasteiger partial charge is 0.341 e. The van der Waals surface area contributed by atoms with Crippen LogP contribution in [0.4, 0.5) is 11.4 Å². The van der Waals surface area contributed by atoms with Gasteiger partial charge in [0.25, 0.3) is 0 Å². The van der Waals surface area contributed by atoms with Crippen molar-refractivity contribution >= 4 is 11.4 Å². The molecular formula is C12H16N2. The molecule has 0 aromatic heterocycles. The van der Waals surface area contributed by atoms with Crippen molar-refractivity contribution in [1.29, 1.82) is 0 Å². The van der Waals surface area contributed by atoms with E-state index in [1.807, 2.05) is 0 Å². The van der Waals surface area contributed by atoms with Gasteiger partial charge in [-0.2, -0.15) is 0 Å². The molecule has 0 saturated heterocycles. The van der Waals surface area contributed by atoms with Gasteiger partial charge in [-0.1, -0.05) is 33.4 Å². The Balaban J connectivity index is 2.43. The van der Waals surface area contributed by atoms with Crippen LogP contribution in [0, 0.1) is 0 Å². The molecule has 1 aliphatic rings. The standard InChI is InChI=1S/C12H16N2/c1-8-13-10-6-5-9(12(2,3)4)7-11(10)14-8/h5-7,13-14H,1H2,2-4H3. The van der Waals surface area contributed by atoms with Gasteiger partial charge in [0.05, 0.1) is 11.4 Å². The Morgan fingerprint density at radius 2 is 1.71 bits per heavy atom. The highest BCUT2D eigenvalue weighted by atomic mass is 15.2. The minimum Gasteiger partial charge on any atom is -0.341 e. The number of rotatable bonds is 0. The summed E-state index contributed by atoms with van der Waals surface area (Å²) in [5.41, 5.74) is 3.77. The Morgan fingerprint density at radius 1 is 1.07 bits per heavy atom. The zero-order valence-electron chi connectivity index (χ0n) is 8.94. The molecule has 0 bridgehead atoms. The molecule has 0 saturated carbocycles. The molecule has 14 heavy (non-hydrogen) atoms. The summed E-state index contributed by atoms with van der Waals surface area (Å²) in [7, 11) is 0. The average Bonchev–Trinajstić information content (AvgIpc) is 2.41. The van der Waals surface area contributed by atoms with Crippen LogP contribution in [0.5, 0.6) is 0 Å². The van der Waals surface area contributed by atoms with Crippen molar-refractivity contribution in [1.82, 2.24) is 0 Å². The van der Waals surface area contributed by atoms with E-state index < -0.39 is 0 Å². The molecule has 2 heteroatoms. The van der Waals surface area contributed by atoms with Gasteiger partial charge >= 0.3 is 0 Å². The van der Waals surface area contributed by atoms with Crippen molar-refractivity contribution in [3.8, 4) is 0 Å². The lowest BCUT2D eigenvalue weighted by Gasteiger charge is -2.19. The highest BCUT2D eigenvalue weighted by Gasteiger charge is 2.18. The number of fused-ring (bicyclic) bond motifs is 1.